The molecule has 4 heteroatoms. The summed E-state index contributed by atoms with van der Waals surface area (Å²) in [5.41, 5.74) is 8.59. The average molecular weight is 233 g/mol. The fraction of sp³-hybridized carbons (Fsp3) is 0.333. The Balaban J connectivity index is 2.15. The molecule has 84 valence electrons. The van der Waals surface area contributed by atoms with Crippen molar-refractivity contribution in [1.82, 2.24) is 9.59 Å². The van der Waals surface area contributed by atoms with Gasteiger partial charge in [-0.25, -0.2) is 0 Å². The molecule has 2 rings (SSSR count). The first-order valence-corrected chi connectivity index (χ1v) is 6.20. The molecule has 0 aliphatic carbocycles. The van der Waals surface area contributed by atoms with Gasteiger partial charge in [-0.3, -0.25) is 0 Å². The fourth-order valence-corrected chi connectivity index (χ4v) is 2.19. The molecule has 0 amide bonds. The van der Waals surface area contributed by atoms with Gasteiger partial charge in [0.05, 0.1) is 17.1 Å². The highest BCUT2D eigenvalue weighted by molar-refractivity contribution is 7.05. The predicted molar refractivity (Wildman–Crippen MR) is 66.4 cm³/mol. The molecule has 2 N–H and O–H groups in total. The van der Waals surface area contributed by atoms with Crippen LogP contribution in [0.25, 0.3) is 0 Å². The van der Waals surface area contributed by atoms with Crippen molar-refractivity contribution in [3.8, 4) is 0 Å². The van der Waals surface area contributed by atoms with Gasteiger partial charge in [-0.1, -0.05) is 42.1 Å². The van der Waals surface area contributed by atoms with E-state index in [1.165, 1.54) is 23.5 Å². The van der Waals surface area contributed by atoms with Crippen molar-refractivity contribution < 1.29 is 0 Å². The lowest BCUT2D eigenvalue weighted by atomic mass is 10.0. The number of aromatic nitrogens is 2. The minimum absolute atomic E-state index is 0.101. The van der Waals surface area contributed by atoms with Crippen LogP contribution in [-0.4, -0.2) is 9.59 Å². The quantitative estimate of drug-likeness (QED) is 0.883. The third-order valence-corrected chi connectivity index (χ3v) is 3.31. The van der Waals surface area contributed by atoms with E-state index in [4.69, 9.17) is 5.73 Å². The molecule has 0 aliphatic heterocycles. The summed E-state index contributed by atoms with van der Waals surface area (Å²) in [5.74, 6) is 0. The maximum absolute atomic E-state index is 6.12. The van der Waals surface area contributed by atoms with Gasteiger partial charge in [0.25, 0.3) is 0 Å². The molecule has 0 aliphatic rings. The second-order valence-corrected chi connectivity index (χ2v) is 4.61. The van der Waals surface area contributed by atoms with E-state index in [9.17, 15) is 0 Å². The molecule has 0 spiro atoms. The molecule has 0 radical (unpaired) electrons. The minimum atomic E-state index is -0.101. The van der Waals surface area contributed by atoms with Gasteiger partial charge in [0.2, 0.25) is 0 Å². The molecule has 16 heavy (non-hydrogen) atoms. The Morgan fingerprint density at radius 2 is 2.06 bits per heavy atom. The van der Waals surface area contributed by atoms with Crippen LogP contribution in [0.5, 0.6) is 0 Å². The zero-order valence-corrected chi connectivity index (χ0v) is 10.1. The molecule has 3 nitrogen and oxygen atoms in total. The molecule has 0 bridgehead atoms. The summed E-state index contributed by atoms with van der Waals surface area (Å²) in [6.07, 6.45) is 4.02. The van der Waals surface area contributed by atoms with Crippen LogP contribution in [0.4, 0.5) is 0 Å². The highest BCUT2D eigenvalue weighted by Crippen LogP contribution is 2.21. The third kappa shape index (κ3) is 2.46. The van der Waals surface area contributed by atoms with Crippen molar-refractivity contribution in [1.29, 1.82) is 0 Å². The summed E-state index contributed by atoms with van der Waals surface area (Å²) in [4.78, 5) is 1.00. The standard InChI is InChI=1S/C12H15N3S/c1-2-3-9-4-6-10(7-5-9)12(13)11-8-14-15-16-11/h4-8,12H,2-3,13H2,1H3. The number of hydrogen-bond donors (Lipinski definition) is 1. The van der Waals surface area contributed by atoms with Crippen molar-refractivity contribution in [2.24, 2.45) is 5.73 Å². The largest absolute Gasteiger partial charge is 0.320 e. The maximum Gasteiger partial charge on any atom is 0.0678 e. The van der Waals surface area contributed by atoms with E-state index in [1.807, 2.05) is 0 Å². The van der Waals surface area contributed by atoms with E-state index >= 15 is 0 Å². The first kappa shape index (κ1) is 11.2. The van der Waals surface area contributed by atoms with Gasteiger partial charge in [-0.15, -0.1) is 5.10 Å². The SMILES string of the molecule is CCCc1ccc(C(N)c2cnns2)cc1. The Morgan fingerprint density at radius 3 is 2.62 bits per heavy atom. The molecule has 1 heterocycles. The first-order chi connectivity index (χ1) is 7.81. The molecule has 0 fully saturated rings. The van der Waals surface area contributed by atoms with Crippen LogP contribution in [-0.2, 0) is 6.42 Å². The minimum Gasteiger partial charge on any atom is -0.320 e. The van der Waals surface area contributed by atoms with Crippen LogP contribution in [0.3, 0.4) is 0 Å². The highest BCUT2D eigenvalue weighted by Gasteiger charge is 2.10. The van der Waals surface area contributed by atoms with Gasteiger partial charge in [0.1, 0.15) is 0 Å². The zero-order chi connectivity index (χ0) is 11.4. The molecule has 1 aromatic carbocycles. The second kappa shape index (κ2) is 5.18. The van der Waals surface area contributed by atoms with E-state index < -0.39 is 0 Å². The highest BCUT2D eigenvalue weighted by atomic mass is 32.1. The Kier molecular flexibility index (Phi) is 3.64. The van der Waals surface area contributed by atoms with Gasteiger partial charge < -0.3 is 5.73 Å². The third-order valence-electron chi connectivity index (χ3n) is 2.56. The maximum atomic E-state index is 6.12. The lowest BCUT2D eigenvalue weighted by Gasteiger charge is -2.09. The van der Waals surface area contributed by atoms with Gasteiger partial charge in [0, 0.05) is 0 Å². The zero-order valence-electron chi connectivity index (χ0n) is 9.26. The number of hydrogen-bond acceptors (Lipinski definition) is 4. The number of nitrogens with zero attached hydrogens (tertiary/aromatic N) is 2. The summed E-state index contributed by atoms with van der Waals surface area (Å²) in [7, 11) is 0. The molecule has 1 atom stereocenters. The topological polar surface area (TPSA) is 51.8 Å². The summed E-state index contributed by atoms with van der Waals surface area (Å²) < 4.78 is 3.83. The van der Waals surface area contributed by atoms with E-state index in [0.717, 1.165) is 16.9 Å². The normalized spacial score (nSPS) is 12.6. The van der Waals surface area contributed by atoms with Crippen LogP contribution in [0.1, 0.15) is 35.4 Å². The Labute approximate surface area is 99.5 Å². The van der Waals surface area contributed by atoms with Gasteiger partial charge in [-0.2, -0.15) is 0 Å². The van der Waals surface area contributed by atoms with Gasteiger partial charge in [0.15, 0.2) is 0 Å². The van der Waals surface area contributed by atoms with Crippen LogP contribution in [0.15, 0.2) is 30.5 Å². The van der Waals surface area contributed by atoms with E-state index in [2.05, 4.69) is 40.8 Å². The predicted octanol–water partition coefficient (Wildman–Crippen LogP) is 2.54. The number of nitrogens with two attached hydrogens (primary N) is 1. The van der Waals surface area contributed by atoms with Crippen LogP contribution < -0.4 is 5.73 Å². The van der Waals surface area contributed by atoms with Gasteiger partial charge >= 0.3 is 0 Å². The Morgan fingerprint density at radius 1 is 1.31 bits per heavy atom. The Bertz CT molecular complexity index is 422. The lowest BCUT2D eigenvalue weighted by Crippen LogP contribution is -2.10. The monoisotopic (exact) mass is 233 g/mol. The van der Waals surface area contributed by atoms with E-state index in [0.29, 0.717) is 0 Å². The number of rotatable bonds is 4. The molecule has 0 saturated carbocycles. The lowest BCUT2D eigenvalue weighted by molar-refractivity contribution is 0.879. The van der Waals surface area contributed by atoms with Crippen molar-refractivity contribution in [2.45, 2.75) is 25.8 Å². The van der Waals surface area contributed by atoms with Crippen molar-refractivity contribution in [3.05, 3.63) is 46.5 Å². The van der Waals surface area contributed by atoms with E-state index in [1.54, 1.807) is 6.20 Å². The summed E-state index contributed by atoms with van der Waals surface area (Å²) in [6.45, 7) is 2.18. The number of aryl methyl sites for hydroxylation is 1. The second-order valence-electron chi connectivity index (χ2n) is 3.79. The fourth-order valence-electron chi connectivity index (χ4n) is 1.66. The van der Waals surface area contributed by atoms with Crippen molar-refractivity contribution in [2.75, 3.05) is 0 Å². The molecule has 0 saturated heterocycles. The van der Waals surface area contributed by atoms with Gasteiger partial charge in [-0.05, 0) is 29.1 Å². The smallest absolute Gasteiger partial charge is 0.0678 e. The van der Waals surface area contributed by atoms with Crippen LogP contribution in [0.2, 0.25) is 0 Å². The summed E-state index contributed by atoms with van der Waals surface area (Å²) >= 11 is 1.35. The van der Waals surface area contributed by atoms with Crippen LogP contribution >= 0.6 is 11.5 Å². The number of benzene rings is 1. The summed E-state index contributed by atoms with van der Waals surface area (Å²) in [5, 5.41) is 3.80. The van der Waals surface area contributed by atoms with Crippen molar-refractivity contribution >= 4 is 11.5 Å². The van der Waals surface area contributed by atoms with E-state index in [-0.39, 0.29) is 6.04 Å². The summed E-state index contributed by atoms with van der Waals surface area (Å²) in [6, 6.07) is 8.38. The van der Waals surface area contributed by atoms with Crippen LogP contribution in [0, 0.1) is 0 Å². The average Bonchev–Trinajstić information content (AvgIpc) is 2.83. The molecule has 1 aromatic heterocycles. The molecular formula is C12H15N3S. The first-order valence-electron chi connectivity index (χ1n) is 5.43. The molecule has 2 aromatic rings. The molecular weight excluding hydrogens is 218 g/mol. The molecule has 1 unspecified atom stereocenters. The Hall–Kier alpha value is -1.26. The van der Waals surface area contributed by atoms with Crippen molar-refractivity contribution in [3.63, 3.8) is 0 Å².